The van der Waals surface area contributed by atoms with E-state index in [9.17, 15) is 0 Å². The van der Waals surface area contributed by atoms with Crippen molar-refractivity contribution < 1.29 is 4.74 Å². The van der Waals surface area contributed by atoms with Crippen molar-refractivity contribution >= 4 is 17.7 Å². The van der Waals surface area contributed by atoms with Gasteiger partial charge in [0.1, 0.15) is 5.75 Å². The number of likely N-dealkylation sites (N-methyl/N-ethyl adjacent to an activating group) is 1. The second-order valence-electron chi connectivity index (χ2n) is 2.88. The molecule has 0 atom stereocenters. The van der Waals surface area contributed by atoms with Crippen LogP contribution in [0, 0.1) is 0 Å². The molecule has 76 valence electrons. The monoisotopic (exact) mass is 211 g/mol. The molecule has 1 rings (SSSR count). The molecule has 0 aromatic heterocycles. The number of rotatable bonds is 4. The van der Waals surface area contributed by atoms with Crippen molar-refractivity contribution in [2.24, 2.45) is 0 Å². The Kier molecular flexibility index (Phi) is 4.50. The molecule has 0 aliphatic carbocycles. The lowest BCUT2D eigenvalue weighted by Crippen LogP contribution is -2.03. The summed E-state index contributed by atoms with van der Waals surface area (Å²) in [6.45, 7) is 0.842. The van der Waals surface area contributed by atoms with E-state index >= 15 is 0 Å². The molecule has 1 N–H and O–H groups in total. The van der Waals surface area contributed by atoms with Gasteiger partial charge in [-0.05, 0) is 30.8 Å². The Bertz CT molecular complexity index is 323. The highest BCUT2D eigenvalue weighted by molar-refractivity contribution is 6.30. The first-order valence-electron chi connectivity index (χ1n) is 4.42. The topological polar surface area (TPSA) is 21.3 Å². The van der Waals surface area contributed by atoms with E-state index in [-0.39, 0.29) is 0 Å². The summed E-state index contributed by atoms with van der Waals surface area (Å²) in [4.78, 5) is 0. The van der Waals surface area contributed by atoms with Gasteiger partial charge in [-0.1, -0.05) is 23.8 Å². The molecule has 0 saturated carbocycles. The molecule has 0 aliphatic heterocycles. The normalized spacial score (nSPS) is 10.8. The van der Waals surface area contributed by atoms with E-state index in [2.05, 4.69) is 5.32 Å². The fraction of sp³-hybridized carbons (Fsp3) is 0.273. The van der Waals surface area contributed by atoms with E-state index in [0.717, 1.165) is 17.9 Å². The second kappa shape index (κ2) is 5.68. The molecule has 0 fully saturated rings. The van der Waals surface area contributed by atoms with Crippen molar-refractivity contribution in [2.75, 3.05) is 20.7 Å². The molecule has 0 radical (unpaired) electrons. The van der Waals surface area contributed by atoms with Crippen LogP contribution in [0.4, 0.5) is 0 Å². The standard InChI is InChI=1S/C11H14ClNO/c1-13-5-3-4-9-6-10(12)8-11(7-9)14-2/h3-4,6-8,13H,5H2,1-2H3. The molecule has 0 bridgehead atoms. The maximum atomic E-state index is 5.91. The third-order valence-electron chi connectivity index (χ3n) is 1.76. The number of halogens is 1. The minimum Gasteiger partial charge on any atom is -0.497 e. The third-order valence-corrected chi connectivity index (χ3v) is 1.98. The number of benzene rings is 1. The summed E-state index contributed by atoms with van der Waals surface area (Å²) < 4.78 is 5.11. The number of ether oxygens (including phenoxy) is 1. The fourth-order valence-corrected chi connectivity index (χ4v) is 1.34. The van der Waals surface area contributed by atoms with Gasteiger partial charge in [0.15, 0.2) is 0 Å². The number of hydrogen-bond donors (Lipinski definition) is 1. The molecule has 0 saturated heterocycles. The lowest BCUT2D eigenvalue weighted by atomic mass is 10.2. The van der Waals surface area contributed by atoms with Crippen LogP contribution >= 0.6 is 11.6 Å². The third kappa shape index (κ3) is 3.40. The van der Waals surface area contributed by atoms with Crippen LogP contribution in [0.5, 0.6) is 5.75 Å². The van der Waals surface area contributed by atoms with Gasteiger partial charge in [-0.15, -0.1) is 0 Å². The molecule has 0 amide bonds. The van der Waals surface area contributed by atoms with Crippen LogP contribution in [-0.4, -0.2) is 20.7 Å². The van der Waals surface area contributed by atoms with E-state index in [4.69, 9.17) is 16.3 Å². The van der Waals surface area contributed by atoms with Gasteiger partial charge in [0.05, 0.1) is 7.11 Å². The molecule has 1 aromatic rings. The van der Waals surface area contributed by atoms with Crippen molar-refractivity contribution in [1.29, 1.82) is 0 Å². The average molecular weight is 212 g/mol. The fourth-order valence-electron chi connectivity index (χ4n) is 1.11. The van der Waals surface area contributed by atoms with Crippen molar-refractivity contribution in [3.63, 3.8) is 0 Å². The Morgan fingerprint density at radius 1 is 1.43 bits per heavy atom. The van der Waals surface area contributed by atoms with E-state index in [1.807, 2.05) is 31.3 Å². The number of methoxy groups -OCH3 is 1. The van der Waals surface area contributed by atoms with Crippen molar-refractivity contribution in [1.82, 2.24) is 5.32 Å². The lowest BCUT2D eigenvalue weighted by molar-refractivity contribution is 0.415. The molecule has 1 aromatic carbocycles. The van der Waals surface area contributed by atoms with Crippen LogP contribution in [0.15, 0.2) is 24.3 Å². The van der Waals surface area contributed by atoms with Gasteiger partial charge in [-0.3, -0.25) is 0 Å². The van der Waals surface area contributed by atoms with Gasteiger partial charge in [-0.25, -0.2) is 0 Å². The summed E-state index contributed by atoms with van der Waals surface area (Å²) >= 11 is 5.91. The van der Waals surface area contributed by atoms with Crippen molar-refractivity contribution in [2.45, 2.75) is 0 Å². The minimum atomic E-state index is 0.688. The van der Waals surface area contributed by atoms with Gasteiger partial charge in [0, 0.05) is 11.6 Å². The van der Waals surface area contributed by atoms with Crippen LogP contribution in [0.2, 0.25) is 5.02 Å². The van der Waals surface area contributed by atoms with Gasteiger partial charge in [0.25, 0.3) is 0 Å². The Morgan fingerprint density at radius 3 is 2.86 bits per heavy atom. The SMILES string of the molecule is CNCC=Cc1cc(Cl)cc(OC)c1. The predicted octanol–water partition coefficient (Wildman–Crippen LogP) is 2.58. The molecule has 2 nitrogen and oxygen atoms in total. The maximum Gasteiger partial charge on any atom is 0.120 e. The van der Waals surface area contributed by atoms with Crippen LogP contribution < -0.4 is 10.1 Å². The van der Waals surface area contributed by atoms with Crippen molar-refractivity contribution in [3.05, 3.63) is 34.9 Å². The Morgan fingerprint density at radius 2 is 2.21 bits per heavy atom. The van der Waals surface area contributed by atoms with Crippen LogP contribution in [0.3, 0.4) is 0 Å². The molecule has 3 heteroatoms. The highest BCUT2D eigenvalue weighted by Gasteiger charge is 1.96. The first kappa shape index (κ1) is 11.1. The molecule has 14 heavy (non-hydrogen) atoms. The zero-order valence-corrected chi connectivity index (χ0v) is 9.14. The first-order chi connectivity index (χ1) is 6.76. The summed E-state index contributed by atoms with van der Waals surface area (Å²) in [6.07, 6.45) is 4.04. The highest BCUT2D eigenvalue weighted by Crippen LogP contribution is 2.21. The molecule has 0 unspecified atom stereocenters. The Hall–Kier alpha value is -0.990. The molecular weight excluding hydrogens is 198 g/mol. The second-order valence-corrected chi connectivity index (χ2v) is 3.32. The van der Waals surface area contributed by atoms with E-state index < -0.39 is 0 Å². The van der Waals surface area contributed by atoms with Gasteiger partial charge in [-0.2, -0.15) is 0 Å². The first-order valence-corrected chi connectivity index (χ1v) is 4.80. The Labute approximate surface area is 89.5 Å². The summed E-state index contributed by atoms with van der Waals surface area (Å²) in [5.41, 5.74) is 1.05. The quantitative estimate of drug-likeness (QED) is 0.827. The molecule has 0 aliphatic rings. The number of hydrogen-bond acceptors (Lipinski definition) is 2. The maximum absolute atomic E-state index is 5.91. The summed E-state index contributed by atoms with van der Waals surface area (Å²) in [5, 5.41) is 3.72. The van der Waals surface area contributed by atoms with Gasteiger partial charge >= 0.3 is 0 Å². The highest BCUT2D eigenvalue weighted by atomic mass is 35.5. The van der Waals surface area contributed by atoms with Crippen molar-refractivity contribution in [3.8, 4) is 5.75 Å². The molecule has 0 spiro atoms. The summed E-state index contributed by atoms with van der Waals surface area (Å²) in [7, 11) is 3.54. The van der Waals surface area contributed by atoms with E-state index in [1.165, 1.54) is 0 Å². The van der Waals surface area contributed by atoms with Crippen LogP contribution in [-0.2, 0) is 0 Å². The van der Waals surface area contributed by atoms with E-state index in [1.54, 1.807) is 13.2 Å². The van der Waals surface area contributed by atoms with E-state index in [0.29, 0.717) is 5.02 Å². The summed E-state index contributed by atoms with van der Waals surface area (Å²) in [6, 6.07) is 5.63. The average Bonchev–Trinajstić information content (AvgIpc) is 2.17. The smallest absolute Gasteiger partial charge is 0.120 e. The van der Waals surface area contributed by atoms with Crippen LogP contribution in [0.1, 0.15) is 5.56 Å². The predicted molar refractivity (Wildman–Crippen MR) is 61.0 cm³/mol. The zero-order valence-electron chi connectivity index (χ0n) is 8.38. The number of nitrogens with one attached hydrogen (secondary N) is 1. The summed E-state index contributed by atoms with van der Waals surface area (Å²) in [5.74, 6) is 0.779. The largest absolute Gasteiger partial charge is 0.497 e. The molecule has 0 heterocycles. The Balaban J connectivity index is 2.81. The zero-order chi connectivity index (χ0) is 10.4. The van der Waals surface area contributed by atoms with Crippen LogP contribution in [0.25, 0.3) is 6.08 Å². The van der Waals surface area contributed by atoms with Gasteiger partial charge < -0.3 is 10.1 Å². The van der Waals surface area contributed by atoms with Gasteiger partial charge in [0.2, 0.25) is 0 Å². The minimum absolute atomic E-state index is 0.688. The molecular formula is C11H14ClNO. The lowest BCUT2D eigenvalue weighted by Gasteiger charge is -2.02.